The maximum Gasteiger partial charge on any atom is 0.308 e. The molecule has 1 saturated heterocycles. The molecule has 0 radical (unpaired) electrons. The van der Waals surface area contributed by atoms with Crippen molar-refractivity contribution in [1.82, 2.24) is 10.6 Å². The molecule has 3 N–H and O–H groups in total. The third kappa shape index (κ3) is 2.36. The number of nitrogens with one attached hydrogen (secondary N) is 2. The van der Waals surface area contributed by atoms with Crippen molar-refractivity contribution in [2.24, 2.45) is 11.3 Å². The van der Waals surface area contributed by atoms with Crippen molar-refractivity contribution in [2.45, 2.75) is 45.1 Å². The predicted octanol–water partition coefficient (Wildman–Crippen LogP) is 0.746. The van der Waals surface area contributed by atoms with Crippen LogP contribution >= 0.6 is 0 Å². The summed E-state index contributed by atoms with van der Waals surface area (Å²) in [6, 6.07) is -0.181. The van der Waals surface area contributed by atoms with Gasteiger partial charge in [0.15, 0.2) is 0 Å². The number of carbonyl (C=O) groups is 2. The van der Waals surface area contributed by atoms with E-state index in [1.165, 1.54) is 0 Å². The van der Waals surface area contributed by atoms with E-state index in [4.69, 9.17) is 5.11 Å². The minimum atomic E-state index is -0.784. The number of hydrogen-bond acceptors (Lipinski definition) is 3. The van der Waals surface area contributed by atoms with E-state index in [2.05, 4.69) is 10.6 Å². The van der Waals surface area contributed by atoms with Crippen LogP contribution < -0.4 is 10.6 Å². The van der Waals surface area contributed by atoms with Crippen LogP contribution in [0.5, 0.6) is 0 Å². The van der Waals surface area contributed by atoms with E-state index < -0.39 is 11.9 Å². The summed E-state index contributed by atoms with van der Waals surface area (Å²) < 4.78 is 0. The molecule has 1 aliphatic heterocycles. The predicted molar refractivity (Wildman–Crippen MR) is 67.1 cm³/mol. The van der Waals surface area contributed by atoms with Gasteiger partial charge in [-0.05, 0) is 32.2 Å². The van der Waals surface area contributed by atoms with Gasteiger partial charge in [-0.15, -0.1) is 0 Å². The number of amides is 1. The molecule has 102 valence electrons. The zero-order chi connectivity index (χ0) is 13.2. The molecule has 2 rings (SSSR count). The maximum atomic E-state index is 12.4. The normalized spacial score (nSPS) is 35.6. The lowest BCUT2D eigenvalue weighted by molar-refractivity contribution is -0.142. The molecule has 1 heterocycles. The van der Waals surface area contributed by atoms with Crippen LogP contribution in [0.15, 0.2) is 0 Å². The SMILES string of the molecule is CCC1(C(=O)NC2CCCC2C(=O)O)CCNC1. The van der Waals surface area contributed by atoms with Gasteiger partial charge in [-0.3, -0.25) is 9.59 Å². The van der Waals surface area contributed by atoms with E-state index in [9.17, 15) is 9.59 Å². The first kappa shape index (κ1) is 13.3. The highest BCUT2D eigenvalue weighted by molar-refractivity contribution is 5.84. The Bertz CT molecular complexity index is 337. The van der Waals surface area contributed by atoms with E-state index in [0.29, 0.717) is 13.0 Å². The Morgan fingerprint density at radius 2 is 2.22 bits per heavy atom. The highest BCUT2D eigenvalue weighted by atomic mass is 16.4. The molecule has 1 aliphatic carbocycles. The highest BCUT2D eigenvalue weighted by Gasteiger charge is 2.42. The third-order valence-corrected chi connectivity index (χ3v) is 4.55. The fourth-order valence-electron chi connectivity index (χ4n) is 3.15. The second kappa shape index (κ2) is 5.26. The van der Waals surface area contributed by atoms with Crippen molar-refractivity contribution in [2.75, 3.05) is 13.1 Å². The maximum absolute atomic E-state index is 12.4. The summed E-state index contributed by atoms with van der Waals surface area (Å²) in [4.78, 5) is 23.5. The largest absolute Gasteiger partial charge is 0.481 e. The van der Waals surface area contributed by atoms with Gasteiger partial charge in [-0.2, -0.15) is 0 Å². The van der Waals surface area contributed by atoms with Gasteiger partial charge in [0.1, 0.15) is 0 Å². The van der Waals surface area contributed by atoms with Crippen molar-refractivity contribution < 1.29 is 14.7 Å². The molecular weight excluding hydrogens is 232 g/mol. The molecule has 5 heteroatoms. The Kier molecular flexibility index (Phi) is 3.90. The van der Waals surface area contributed by atoms with Crippen LogP contribution in [0.4, 0.5) is 0 Å². The van der Waals surface area contributed by atoms with Crippen LogP contribution in [-0.4, -0.2) is 36.1 Å². The second-order valence-electron chi connectivity index (χ2n) is 5.52. The second-order valence-corrected chi connectivity index (χ2v) is 5.52. The van der Waals surface area contributed by atoms with Gasteiger partial charge < -0.3 is 15.7 Å². The molecule has 1 amide bonds. The lowest BCUT2D eigenvalue weighted by Gasteiger charge is -2.28. The summed E-state index contributed by atoms with van der Waals surface area (Å²) in [6.07, 6.45) is 4.00. The molecule has 0 aromatic heterocycles. The molecule has 2 fully saturated rings. The Labute approximate surface area is 107 Å². The minimum absolute atomic E-state index is 0.0353. The highest BCUT2D eigenvalue weighted by Crippen LogP contribution is 2.32. The van der Waals surface area contributed by atoms with Crippen molar-refractivity contribution >= 4 is 11.9 Å². The number of rotatable bonds is 4. The minimum Gasteiger partial charge on any atom is -0.481 e. The van der Waals surface area contributed by atoms with Crippen molar-refractivity contribution in [3.8, 4) is 0 Å². The lowest BCUT2D eigenvalue weighted by Crippen LogP contribution is -2.48. The first-order valence-corrected chi connectivity index (χ1v) is 6.83. The molecular formula is C13H22N2O3. The molecule has 3 atom stereocenters. The van der Waals surface area contributed by atoms with E-state index in [-0.39, 0.29) is 17.4 Å². The van der Waals surface area contributed by atoms with Crippen molar-refractivity contribution in [1.29, 1.82) is 0 Å². The van der Waals surface area contributed by atoms with Crippen molar-refractivity contribution in [3.05, 3.63) is 0 Å². The molecule has 3 unspecified atom stereocenters. The summed E-state index contributed by atoms with van der Waals surface area (Å²) >= 11 is 0. The van der Waals surface area contributed by atoms with E-state index in [1.54, 1.807) is 0 Å². The van der Waals surface area contributed by atoms with E-state index >= 15 is 0 Å². The van der Waals surface area contributed by atoms with Gasteiger partial charge in [0.25, 0.3) is 0 Å². The fraction of sp³-hybridized carbons (Fsp3) is 0.846. The quantitative estimate of drug-likeness (QED) is 0.691. The van der Waals surface area contributed by atoms with Crippen LogP contribution in [0.1, 0.15) is 39.0 Å². The average molecular weight is 254 g/mol. The number of carboxylic acids is 1. The van der Waals surface area contributed by atoms with Crippen LogP contribution in [-0.2, 0) is 9.59 Å². The Balaban J connectivity index is 2.00. The third-order valence-electron chi connectivity index (χ3n) is 4.55. The summed E-state index contributed by atoms with van der Waals surface area (Å²) in [6.45, 7) is 3.60. The Hall–Kier alpha value is -1.10. The number of aliphatic carboxylic acids is 1. The van der Waals surface area contributed by atoms with E-state index in [1.807, 2.05) is 6.92 Å². The topological polar surface area (TPSA) is 78.4 Å². The molecule has 2 aliphatic rings. The summed E-state index contributed by atoms with van der Waals surface area (Å²) in [7, 11) is 0. The Morgan fingerprint density at radius 1 is 1.44 bits per heavy atom. The van der Waals surface area contributed by atoms with Gasteiger partial charge >= 0.3 is 5.97 Å². The monoisotopic (exact) mass is 254 g/mol. The van der Waals surface area contributed by atoms with Gasteiger partial charge in [0.05, 0.1) is 11.3 Å². The molecule has 0 bridgehead atoms. The molecule has 0 aromatic rings. The first-order valence-electron chi connectivity index (χ1n) is 6.83. The van der Waals surface area contributed by atoms with Crippen molar-refractivity contribution in [3.63, 3.8) is 0 Å². The number of hydrogen-bond donors (Lipinski definition) is 3. The van der Waals surface area contributed by atoms with Gasteiger partial charge in [-0.25, -0.2) is 0 Å². The molecule has 0 aromatic carbocycles. The number of carboxylic acid groups (broad SMARTS) is 1. The van der Waals surface area contributed by atoms with Gasteiger partial charge in [0.2, 0.25) is 5.91 Å². The zero-order valence-corrected chi connectivity index (χ0v) is 10.9. The Morgan fingerprint density at radius 3 is 2.78 bits per heavy atom. The van der Waals surface area contributed by atoms with Crippen LogP contribution in [0.3, 0.4) is 0 Å². The van der Waals surface area contributed by atoms with Crippen LogP contribution in [0.25, 0.3) is 0 Å². The molecule has 1 saturated carbocycles. The number of carbonyl (C=O) groups excluding carboxylic acids is 1. The van der Waals surface area contributed by atoms with E-state index in [0.717, 1.165) is 32.2 Å². The summed E-state index contributed by atoms with van der Waals surface area (Å²) in [5, 5.41) is 15.3. The zero-order valence-electron chi connectivity index (χ0n) is 10.9. The standard InChI is InChI=1S/C13H22N2O3/c1-2-13(6-7-14-8-13)12(18)15-10-5-3-4-9(10)11(16)17/h9-10,14H,2-8H2,1H3,(H,15,18)(H,16,17). The smallest absolute Gasteiger partial charge is 0.308 e. The summed E-state index contributed by atoms with van der Waals surface area (Å²) in [5.74, 6) is -1.15. The molecule has 0 spiro atoms. The van der Waals surface area contributed by atoms with Crippen LogP contribution in [0, 0.1) is 11.3 Å². The fourth-order valence-corrected chi connectivity index (χ4v) is 3.15. The molecule has 18 heavy (non-hydrogen) atoms. The van der Waals surface area contributed by atoms with Gasteiger partial charge in [0, 0.05) is 12.6 Å². The summed E-state index contributed by atoms with van der Waals surface area (Å²) in [5.41, 5.74) is -0.328. The average Bonchev–Trinajstić information content (AvgIpc) is 2.97. The van der Waals surface area contributed by atoms with Gasteiger partial charge in [-0.1, -0.05) is 13.3 Å². The molecule has 5 nitrogen and oxygen atoms in total. The van der Waals surface area contributed by atoms with Crippen LogP contribution in [0.2, 0.25) is 0 Å². The first-order chi connectivity index (χ1) is 8.59. The lowest BCUT2D eigenvalue weighted by atomic mass is 9.83.